The molecule has 1 N–H and O–H groups in total. The lowest BCUT2D eigenvalue weighted by Crippen LogP contribution is -1.94. The summed E-state index contributed by atoms with van der Waals surface area (Å²) >= 11 is 2.53. The highest BCUT2D eigenvalue weighted by Gasteiger charge is 2.15. The molecule has 94 valence electrons. The minimum absolute atomic E-state index is 0.280. The van der Waals surface area contributed by atoms with Crippen LogP contribution in [0.2, 0.25) is 0 Å². The molecular formula is C11H11N3O2S2. The summed E-state index contributed by atoms with van der Waals surface area (Å²) in [5, 5.41) is 9.75. The third kappa shape index (κ3) is 2.85. The van der Waals surface area contributed by atoms with Gasteiger partial charge in [-0.2, -0.15) is 0 Å². The lowest BCUT2D eigenvalue weighted by atomic mass is 10.3. The molecule has 2 aromatic heterocycles. The van der Waals surface area contributed by atoms with E-state index in [1.807, 2.05) is 13.0 Å². The van der Waals surface area contributed by atoms with Gasteiger partial charge in [0.1, 0.15) is 16.2 Å². The normalized spacial score (nSPS) is 10.6. The van der Waals surface area contributed by atoms with Crippen molar-refractivity contribution in [2.45, 2.75) is 29.6 Å². The fourth-order valence-corrected chi connectivity index (χ4v) is 3.30. The predicted molar refractivity (Wildman–Crippen MR) is 69.3 cm³/mol. The van der Waals surface area contributed by atoms with Crippen LogP contribution in [-0.2, 0) is 6.42 Å². The fourth-order valence-electron chi connectivity index (χ4n) is 1.33. The molecule has 0 bridgehead atoms. The van der Waals surface area contributed by atoms with Gasteiger partial charge >= 0.3 is 5.97 Å². The summed E-state index contributed by atoms with van der Waals surface area (Å²) in [6, 6.07) is 1.89. The van der Waals surface area contributed by atoms with Gasteiger partial charge in [-0.1, -0.05) is 18.3 Å². The molecule has 0 amide bonds. The molecule has 0 spiro atoms. The Morgan fingerprint density at radius 2 is 2.28 bits per heavy atom. The Bertz CT molecular complexity index is 583. The molecule has 0 aliphatic rings. The molecular weight excluding hydrogens is 270 g/mol. The van der Waals surface area contributed by atoms with E-state index in [1.54, 1.807) is 6.92 Å². The Hall–Kier alpha value is -1.47. The maximum Gasteiger partial charge on any atom is 0.347 e. The second-order valence-electron chi connectivity index (χ2n) is 3.50. The Balaban J connectivity index is 2.23. The quantitative estimate of drug-likeness (QED) is 0.868. The number of carboxylic acids is 1. The summed E-state index contributed by atoms with van der Waals surface area (Å²) in [5.41, 5.74) is 1.50. The van der Waals surface area contributed by atoms with Crippen LogP contribution in [0, 0.1) is 6.92 Å². The molecule has 0 radical (unpaired) electrons. The maximum atomic E-state index is 10.9. The summed E-state index contributed by atoms with van der Waals surface area (Å²) in [4.78, 5) is 23.7. The molecule has 2 rings (SSSR count). The van der Waals surface area contributed by atoms with E-state index in [0.717, 1.165) is 17.1 Å². The Labute approximate surface area is 112 Å². The second kappa shape index (κ2) is 5.45. The van der Waals surface area contributed by atoms with Crippen molar-refractivity contribution in [2.75, 3.05) is 0 Å². The van der Waals surface area contributed by atoms with Gasteiger partial charge < -0.3 is 5.11 Å². The van der Waals surface area contributed by atoms with Gasteiger partial charge in [0.05, 0.1) is 5.69 Å². The van der Waals surface area contributed by atoms with Gasteiger partial charge in [0.2, 0.25) is 0 Å². The molecule has 0 unspecified atom stereocenters. The van der Waals surface area contributed by atoms with Crippen LogP contribution in [0.4, 0.5) is 0 Å². The first-order chi connectivity index (χ1) is 8.60. The lowest BCUT2D eigenvalue weighted by molar-refractivity contribution is 0.0701. The summed E-state index contributed by atoms with van der Waals surface area (Å²) in [6.07, 6.45) is 2.35. The van der Waals surface area contributed by atoms with Crippen LogP contribution in [0.3, 0.4) is 0 Å². The van der Waals surface area contributed by atoms with Crippen molar-refractivity contribution in [2.24, 2.45) is 0 Å². The van der Waals surface area contributed by atoms with Crippen LogP contribution in [0.5, 0.6) is 0 Å². The Morgan fingerprint density at radius 3 is 2.89 bits per heavy atom. The second-order valence-corrected chi connectivity index (χ2v) is 5.77. The number of hydrogen-bond acceptors (Lipinski definition) is 6. The number of aromatic carboxylic acids is 1. The highest BCUT2D eigenvalue weighted by Crippen LogP contribution is 2.31. The predicted octanol–water partition coefficient (Wildman–Crippen LogP) is 2.65. The van der Waals surface area contributed by atoms with E-state index in [9.17, 15) is 4.79 Å². The van der Waals surface area contributed by atoms with Crippen LogP contribution >= 0.6 is 23.1 Å². The number of aryl methyl sites for hydroxylation is 2. The molecule has 0 saturated carbocycles. The SMILES string of the molecule is CCc1cc(Sc2nc(C)c(C(=O)O)s2)ncn1. The molecule has 0 atom stereocenters. The van der Waals surface area contributed by atoms with Crippen molar-refractivity contribution in [3.05, 3.63) is 28.7 Å². The number of nitrogens with zero attached hydrogens (tertiary/aromatic N) is 3. The Kier molecular flexibility index (Phi) is 3.93. The minimum atomic E-state index is -0.936. The van der Waals surface area contributed by atoms with Crippen molar-refractivity contribution in [3.63, 3.8) is 0 Å². The van der Waals surface area contributed by atoms with Crippen molar-refractivity contribution < 1.29 is 9.90 Å². The zero-order chi connectivity index (χ0) is 13.1. The van der Waals surface area contributed by atoms with Gasteiger partial charge in [-0.05, 0) is 31.2 Å². The molecule has 2 heterocycles. The van der Waals surface area contributed by atoms with E-state index in [1.165, 1.54) is 29.4 Å². The number of rotatable bonds is 4. The summed E-state index contributed by atoms with van der Waals surface area (Å²) < 4.78 is 0.686. The number of carboxylic acid groups (broad SMARTS) is 1. The summed E-state index contributed by atoms with van der Waals surface area (Å²) in [7, 11) is 0. The monoisotopic (exact) mass is 281 g/mol. The van der Waals surface area contributed by atoms with Crippen LogP contribution in [-0.4, -0.2) is 26.0 Å². The van der Waals surface area contributed by atoms with E-state index in [2.05, 4.69) is 15.0 Å². The molecule has 0 fully saturated rings. The first-order valence-electron chi connectivity index (χ1n) is 5.29. The van der Waals surface area contributed by atoms with Gasteiger partial charge in [0.15, 0.2) is 4.34 Å². The van der Waals surface area contributed by atoms with Gasteiger partial charge in [-0.25, -0.2) is 19.7 Å². The molecule has 0 aromatic carbocycles. The summed E-state index contributed by atoms with van der Waals surface area (Å²) in [5.74, 6) is -0.936. The molecule has 0 aliphatic heterocycles. The zero-order valence-corrected chi connectivity index (χ0v) is 11.5. The van der Waals surface area contributed by atoms with E-state index < -0.39 is 5.97 Å². The fraction of sp³-hybridized carbons (Fsp3) is 0.273. The van der Waals surface area contributed by atoms with E-state index in [4.69, 9.17) is 5.11 Å². The molecule has 5 nitrogen and oxygen atoms in total. The number of aromatic nitrogens is 3. The zero-order valence-electron chi connectivity index (χ0n) is 9.88. The minimum Gasteiger partial charge on any atom is -0.477 e. The third-order valence-corrected chi connectivity index (χ3v) is 4.36. The average Bonchev–Trinajstić information content (AvgIpc) is 2.70. The van der Waals surface area contributed by atoms with Crippen molar-refractivity contribution >= 4 is 29.1 Å². The first kappa shape index (κ1) is 13.0. The van der Waals surface area contributed by atoms with Gasteiger partial charge in [-0.15, -0.1) is 0 Å². The molecule has 0 aliphatic carbocycles. The largest absolute Gasteiger partial charge is 0.477 e. The van der Waals surface area contributed by atoms with E-state index >= 15 is 0 Å². The standard InChI is InChI=1S/C11H11N3O2S2/c1-3-7-4-8(13-5-12-7)17-11-14-6(2)9(18-11)10(15)16/h4-5H,3H2,1-2H3,(H,15,16). The number of thiazole rings is 1. The van der Waals surface area contributed by atoms with Gasteiger partial charge in [-0.3, -0.25) is 0 Å². The van der Waals surface area contributed by atoms with E-state index in [0.29, 0.717) is 10.0 Å². The van der Waals surface area contributed by atoms with Crippen LogP contribution in [0.15, 0.2) is 21.8 Å². The van der Waals surface area contributed by atoms with Gasteiger partial charge in [0.25, 0.3) is 0 Å². The summed E-state index contributed by atoms with van der Waals surface area (Å²) in [6.45, 7) is 3.72. The van der Waals surface area contributed by atoms with E-state index in [-0.39, 0.29) is 4.88 Å². The van der Waals surface area contributed by atoms with Crippen molar-refractivity contribution in [3.8, 4) is 0 Å². The number of carbonyl (C=O) groups is 1. The third-order valence-electron chi connectivity index (χ3n) is 2.22. The first-order valence-corrected chi connectivity index (χ1v) is 6.93. The molecule has 0 saturated heterocycles. The van der Waals surface area contributed by atoms with Gasteiger partial charge in [0, 0.05) is 5.69 Å². The maximum absolute atomic E-state index is 10.9. The van der Waals surface area contributed by atoms with Crippen LogP contribution < -0.4 is 0 Å². The highest BCUT2D eigenvalue weighted by molar-refractivity contribution is 8.01. The van der Waals surface area contributed by atoms with Crippen LogP contribution in [0.1, 0.15) is 28.0 Å². The molecule has 2 aromatic rings. The average molecular weight is 281 g/mol. The molecule has 7 heteroatoms. The topological polar surface area (TPSA) is 76.0 Å². The molecule has 18 heavy (non-hydrogen) atoms. The van der Waals surface area contributed by atoms with Crippen molar-refractivity contribution in [1.29, 1.82) is 0 Å². The van der Waals surface area contributed by atoms with Crippen LogP contribution in [0.25, 0.3) is 0 Å². The Morgan fingerprint density at radius 1 is 1.50 bits per heavy atom. The number of hydrogen-bond donors (Lipinski definition) is 1. The lowest BCUT2D eigenvalue weighted by Gasteiger charge is -1.98. The highest BCUT2D eigenvalue weighted by atomic mass is 32.2. The smallest absolute Gasteiger partial charge is 0.347 e. The van der Waals surface area contributed by atoms with Crippen molar-refractivity contribution in [1.82, 2.24) is 15.0 Å².